The second-order valence-electron chi connectivity index (χ2n) is 5.10. The van der Waals surface area contributed by atoms with Crippen LogP contribution in [-0.2, 0) is 0 Å². The van der Waals surface area contributed by atoms with Crippen molar-refractivity contribution < 1.29 is 19.8 Å². The number of halogens is 1. The normalized spacial score (nSPS) is 21.6. The number of aliphatic hydroxyl groups is 1. The van der Waals surface area contributed by atoms with Gasteiger partial charge in [-0.25, -0.2) is 9.59 Å². The minimum Gasteiger partial charge on any atom is -0.478 e. The van der Waals surface area contributed by atoms with E-state index in [0.717, 1.165) is 0 Å². The lowest BCUT2D eigenvalue weighted by atomic mass is 9.93. The molecule has 7 heteroatoms. The van der Waals surface area contributed by atoms with Crippen molar-refractivity contribution in [3.8, 4) is 0 Å². The zero-order chi connectivity index (χ0) is 15.4. The van der Waals surface area contributed by atoms with E-state index in [0.29, 0.717) is 30.7 Å². The number of carboxylic acid groups (broad SMARTS) is 1. The van der Waals surface area contributed by atoms with Gasteiger partial charge in [0.2, 0.25) is 0 Å². The van der Waals surface area contributed by atoms with Gasteiger partial charge in [-0.15, -0.1) is 0 Å². The van der Waals surface area contributed by atoms with Gasteiger partial charge in [0.05, 0.1) is 17.4 Å². The molecule has 4 N–H and O–H groups in total. The molecule has 1 aromatic carbocycles. The molecule has 1 saturated carbocycles. The highest BCUT2D eigenvalue weighted by Crippen LogP contribution is 2.22. The third-order valence-corrected chi connectivity index (χ3v) is 3.73. The summed E-state index contributed by atoms with van der Waals surface area (Å²) in [5.41, 5.74) is 0.136. The van der Waals surface area contributed by atoms with Crippen molar-refractivity contribution in [3.63, 3.8) is 0 Å². The summed E-state index contributed by atoms with van der Waals surface area (Å²) < 4.78 is 0. The van der Waals surface area contributed by atoms with Gasteiger partial charge in [-0.05, 0) is 43.9 Å². The largest absolute Gasteiger partial charge is 0.478 e. The quantitative estimate of drug-likeness (QED) is 0.689. The van der Waals surface area contributed by atoms with Crippen molar-refractivity contribution in [2.24, 2.45) is 0 Å². The van der Waals surface area contributed by atoms with Crippen molar-refractivity contribution in [2.75, 3.05) is 5.32 Å². The zero-order valence-electron chi connectivity index (χ0n) is 11.3. The summed E-state index contributed by atoms with van der Waals surface area (Å²) in [5.74, 6) is -1.14. The van der Waals surface area contributed by atoms with Crippen molar-refractivity contribution >= 4 is 29.3 Å². The molecule has 0 spiro atoms. The van der Waals surface area contributed by atoms with E-state index in [1.807, 2.05) is 0 Å². The molecular formula is C14H17ClN2O4. The number of carbonyl (C=O) groups is 2. The Bertz CT molecular complexity index is 542. The number of benzene rings is 1. The Kier molecular flexibility index (Phi) is 5.03. The number of hydrogen-bond acceptors (Lipinski definition) is 3. The Labute approximate surface area is 127 Å². The van der Waals surface area contributed by atoms with Gasteiger partial charge in [0.15, 0.2) is 0 Å². The highest BCUT2D eigenvalue weighted by molar-refractivity contribution is 6.31. The molecule has 0 saturated heterocycles. The van der Waals surface area contributed by atoms with Gasteiger partial charge in [0.25, 0.3) is 0 Å². The Balaban J connectivity index is 1.99. The lowest BCUT2D eigenvalue weighted by Crippen LogP contribution is -2.41. The van der Waals surface area contributed by atoms with Gasteiger partial charge in [0.1, 0.15) is 0 Å². The standard InChI is InChI=1S/C14H17ClN2O4/c15-8-1-6-11(13(19)20)12(7-8)17-14(21)16-9-2-4-10(18)5-3-9/h1,6-7,9-10,18H,2-5H2,(H,19,20)(H2,16,17,21). The first-order valence-electron chi connectivity index (χ1n) is 6.74. The third kappa shape index (κ3) is 4.34. The van der Waals surface area contributed by atoms with Crippen LogP contribution in [0.1, 0.15) is 36.0 Å². The van der Waals surface area contributed by atoms with E-state index in [1.54, 1.807) is 0 Å². The van der Waals surface area contributed by atoms with E-state index in [1.165, 1.54) is 18.2 Å². The van der Waals surface area contributed by atoms with E-state index < -0.39 is 12.0 Å². The van der Waals surface area contributed by atoms with Crippen LogP contribution in [0.25, 0.3) is 0 Å². The summed E-state index contributed by atoms with van der Waals surface area (Å²) in [4.78, 5) is 23.0. The number of anilines is 1. The Morgan fingerprint density at radius 2 is 1.86 bits per heavy atom. The number of urea groups is 1. The van der Waals surface area contributed by atoms with Gasteiger partial charge in [-0.3, -0.25) is 0 Å². The monoisotopic (exact) mass is 312 g/mol. The van der Waals surface area contributed by atoms with Crippen LogP contribution in [0.2, 0.25) is 5.02 Å². The first-order chi connectivity index (χ1) is 9.95. The summed E-state index contributed by atoms with van der Waals surface area (Å²) in [6.07, 6.45) is 2.43. The van der Waals surface area contributed by atoms with Crippen LogP contribution >= 0.6 is 11.6 Å². The van der Waals surface area contributed by atoms with Crippen LogP contribution < -0.4 is 10.6 Å². The average Bonchev–Trinajstić information content (AvgIpc) is 2.41. The van der Waals surface area contributed by atoms with Crippen LogP contribution in [-0.4, -0.2) is 34.4 Å². The predicted octanol–water partition coefficient (Wildman–Crippen LogP) is 2.46. The molecule has 6 nitrogen and oxygen atoms in total. The molecule has 1 fully saturated rings. The molecule has 0 heterocycles. The number of amides is 2. The maximum atomic E-state index is 11.9. The van der Waals surface area contributed by atoms with E-state index in [9.17, 15) is 14.7 Å². The van der Waals surface area contributed by atoms with Crippen molar-refractivity contribution in [1.82, 2.24) is 5.32 Å². The fourth-order valence-electron chi connectivity index (χ4n) is 2.37. The molecule has 0 aliphatic heterocycles. The molecule has 114 valence electrons. The maximum absolute atomic E-state index is 11.9. The first-order valence-corrected chi connectivity index (χ1v) is 7.12. The first kappa shape index (κ1) is 15.6. The molecular weight excluding hydrogens is 296 g/mol. The summed E-state index contributed by atoms with van der Waals surface area (Å²) in [6.45, 7) is 0. The summed E-state index contributed by atoms with van der Waals surface area (Å²) >= 11 is 5.82. The van der Waals surface area contributed by atoms with Gasteiger partial charge in [0, 0.05) is 11.1 Å². The number of carboxylic acids is 1. The van der Waals surface area contributed by atoms with E-state index >= 15 is 0 Å². The van der Waals surface area contributed by atoms with Crippen LogP contribution in [0, 0.1) is 0 Å². The van der Waals surface area contributed by atoms with Crippen molar-refractivity contribution in [2.45, 2.75) is 37.8 Å². The average molecular weight is 313 g/mol. The van der Waals surface area contributed by atoms with Gasteiger partial charge in [-0.2, -0.15) is 0 Å². The van der Waals surface area contributed by atoms with Crippen LogP contribution in [0.3, 0.4) is 0 Å². The van der Waals surface area contributed by atoms with Gasteiger partial charge >= 0.3 is 12.0 Å². The zero-order valence-corrected chi connectivity index (χ0v) is 12.1. The van der Waals surface area contributed by atoms with Crippen molar-refractivity contribution in [3.05, 3.63) is 28.8 Å². The number of aromatic carboxylic acids is 1. The van der Waals surface area contributed by atoms with Crippen LogP contribution in [0.15, 0.2) is 18.2 Å². The second-order valence-corrected chi connectivity index (χ2v) is 5.54. The summed E-state index contributed by atoms with van der Waals surface area (Å²) in [7, 11) is 0. The molecule has 0 bridgehead atoms. The molecule has 21 heavy (non-hydrogen) atoms. The molecule has 0 radical (unpaired) electrons. The number of nitrogens with one attached hydrogen (secondary N) is 2. The molecule has 1 aromatic rings. The Morgan fingerprint density at radius 1 is 1.19 bits per heavy atom. The topological polar surface area (TPSA) is 98.7 Å². The Morgan fingerprint density at radius 3 is 2.48 bits per heavy atom. The van der Waals surface area contributed by atoms with E-state index in [4.69, 9.17) is 16.7 Å². The van der Waals surface area contributed by atoms with E-state index in [-0.39, 0.29) is 23.4 Å². The number of aliphatic hydroxyl groups excluding tert-OH is 1. The fourth-order valence-corrected chi connectivity index (χ4v) is 2.54. The van der Waals surface area contributed by atoms with Gasteiger partial charge in [-0.1, -0.05) is 11.6 Å². The van der Waals surface area contributed by atoms with Gasteiger partial charge < -0.3 is 20.8 Å². The molecule has 0 aromatic heterocycles. The van der Waals surface area contributed by atoms with Crippen LogP contribution in [0.4, 0.5) is 10.5 Å². The van der Waals surface area contributed by atoms with E-state index in [2.05, 4.69) is 10.6 Å². The highest BCUT2D eigenvalue weighted by atomic mass is 35.5. The summed E-state index contributed by atoms with van der Waals surface area (Å²) in [6, 6.07) is 3.71. The maximum Gasteiger partial charge on any atom is 0.337 e. The minimum absolute atomic E-state index is 0.0131. The summed E-state index contributed by atoms with van der Waals surface area (Å²) in [5, 5.41) is 24.1. The van der Waals surface area contributed by atoms with Crippen molar-refractivity contribution in [1.29, 1.82) is 0 Å². The molecule has 1 aliphatic rings. The minimum atomic E-state index is -1.14. The predicted molar refractivity (Wildman–Crippen MR) is 78.8 cm³/mol. The molecule has 0 atom stereocenters. The molecule has 1 aliphatic carbocycles. The number of carbonyl (C=O) groups excluding carboxylic acids is 1. The lowest BCUT2D eigenvalue weighted by molar-refractivity contribution is 0.0698. The number of rotatable bonds is 3. The van der Waals surface area contributed by atoms with Crippen LogP contribution in [0.5, 0.6) is 0 Å². The smallest absolute Gasteiger partial charge is 0.337 e. The third-order valence-electron chi connectivity index (χ3n) is 3.49. The highest BCUT2D eigenvalue weighted by Gasteiger charge is 2.21. The lowest BCUT2D eigenvalue weighted by Gasteiger charge is -2.26. The SMILES string of the molecule is O=C(Nc1cc(Cl)ccc1C(=O)O)NC1CCC(O)CC1. The second kappa shape index (κ2) is 6.78. The fraction of sp³-hybridized carbons (Fsp3) is 0.429. The molecule has 2 amide bonds. The molecule has 2 rings (SSSR count). The number of hydrogen-bond donors (Lipinski definition) is 4. The Hall–Kier alpha value is -1.79. The molecule has 0 unspecified atom stereocenters.